The minimum absolute atomic E-state index is 0.0295. The average molecular weight is 311 g/mol. The molecule has 2 amide bonds. The number of hydrogen-bond donors (Lipinski definition) is 0. The largest absolute Gasteiger partial charge is 0.427 e. The van der Waals surface area contributed by atoms with Crippen molar-refractivity contribution in [3.8, 4) is 5.75 Å². The van der Waals surface area contributed by atoms with Gasteiger partial charge in [0.25, 0.3) is 0 Å². The van der Waals surface area contributed by atoms with Gasteiger partial charge in [0.2, 0.25) is 11.8 Å². The Bertz CT molecular complexity index is 708. The van der Waals surface area contributed by atoms with Crippen LogP contribution in [0.2, 0.25) is 0 Å². The normalized spacial score (nSPS) is 39.4. The third-order valence-electron chi connectivity index (χ3n) is 6.21. The molecule has 6 unspecified atom stereocenters. The maximum Gasteiger partial charge on any atom is 0.308 e. The summed E-state index contributed by atoms with van der Waals surface area (Å²) in [5, 5.41) is 0. The van der Waals surface area contributed by atoms with Gasteiger partial charge in [0.1, 0.15) is 5.75 Å². The molecule has 0 spiro atoms. The molecule has 1 saturated heterocycles. The highest BCUT2D eigenvalue weighted by molar-refractivity contribution is 6.22. The zero-order valence-corrected chi connectivity index (χ0v) is 12.8. The lowest BCUT2D eigenvalue weighted by Crippen LogP contribution is -2.33. The van der Waals surface area contributed by atoms with Crippen LogP contribution in [0.5, 0.6) is 5.75 Å². The van der Waals surface area contributed by atoms with Gasteiger partial charge in [-0.3, -0.25) is 19.3 Å². The SMILES string of the molecule is CC(=O)Oc1ccc(N2C(=O)C3C4CC(C5CC54)C3C2=O)cc1. The second-order valence-electron chi connectivity index (χ2n) is 7.28. The lowest BCUT2D eigenvalue weighted by atomic mass is 9.81. The highest BCUT2D eigenvalue weighted by Crippen LogP contribution is 2.71. The van der Waals surface area contributed by atoms with E-state index >= 15 is 0 Å². The van der Waals surface area contributed by atoms with Crippen molar-refractivity contribution in [2.24, 2.45) is 35.5 Å². The van der Waals surface area contributed by atoms with Crippen LogP contribution in [-0.4, -0.2) is 17.8 Å². The molecule has 3 aliphatic carbocycles. The number of hydrogen-bond acceptors (Lipinski definition) is 4. The van der Waals surface area contributed by atoms with E-state index in [1.165, 1.54) is 18.2 Å². The van der Waals surface area contributed by atoms with Crippen LogP contribution in [0.3, 0.4) is 0 Å². The summed E-state index contributed by atoms with van der Waals surface area (Å²) in [5.74, 6) is 2.03. The Labute approximate surface area is 133 Å². The molecule has 0 N–H and O–H groups in total. The molecule has 6 atom stereocenters. The second-order valence-corrected chi connectivity index (χ2v) is 7.28. The van der Waals surface area contributed by atoms with E-state index in [9.17, 15) is 14.4 Å². The minimum atomic E-state index is -0.392. The maximum atomic E-state index is 12.8. The maximum absolute atomic E-state index is 12.8. The topological polar surface area (TPSA) is 63.7 Å². The van der Waals surface area contributed by atoms with Crippen molar-refractivity contribution in [2.45, 2.75) is 19.8 Å². The van der Waals surface area contributed by atoms with E-state index in [-0.39, 0.29) is 23.7 Å². The summed E-state index contributed by atoms with van der Waals surface area (Å²) >= 11 is 0. The first kappa shape index (κ1) is 13.3. The number of ether oxygens (including phenoxy) is 1. The van der Waals surface area contributed by atoms with Crippen LogP contribution in [0.1, 0.15) is 19.8 Å². The summed E-state index contributed by atoms with van der Waals surface area (Å²) in [4.78, 5) is 38.0. The van der Waals surface area contributed by atoms with Gasteiger partial charge in [-0.25, -0.2) is 0 Å². The number of esters is 1. The predicted molar refractivity (Wildman–Crippen MR) is 80.4 cm³/mol. The lowest BCUT2D eigenvalue weighted by Gasteiger charge is -2.18. The van der Waals surface area contributed by atoms with Crippen LogP contribution in [0.15, 0.2) is 24.3 Å². The summed E-state index contributed by atoms with van der Waals surface area (Å²) < 4.78 is 5.00. The first-order chi connectivity index (χ1) is 11.1. The van der Waals surface area contributed by atoms with Crippen LogP contribution in [0.4, 0.5) is 5.69 Å². The molecule has 1 heterocycles. The molecule has 5 nitrogen and oxygen atoms in total. The number of amides is 2. The first-order valence-electron chi connectivity index (χ1n) is 8.22. The van der Waals surface area contributed by atoms with Gasteiger partial charge in [-0.1, -0.05) is 0 Å². The Kier molecular flexibility index (Phi) is 2.44. The lowest BCUT2D eigenvalue weighted by molar-refractivity contribution is -0.132. The van der Waals surface area contributed by atoms with Crippen molar-refractivity contribution in [3.63, 3.8) is 0 Å². The molecule has 0 aromatic heterocycles. The Morgan fingerprint density at radius 3 is 2.00 bits per heavy atom. The fourth-order valence-corrected chi connectivity index (χ4v) is 5.41. The highest BCUT2D eigenvalue weighted by atomic mass is 16.5. The molecule has 2 bridgehead atoms. The van der Waals surface area contributed by atoms with Gasteiger partial charge < -0.3 is 4.74 Å². The first-order valence-corrected chi connectivity index (χ1v) is 8.22. The smallest absolute Gasteiger partial charge is 0.308 e. The average Bonchev–Trinajstić information content (AvgIpc) is 3.03. The van der Waals surface area contributed by atoms with Crippen molar-refractivity contribution in [2.75, 3.05) is 4.90 Å². The molecule has 0 radical (unpaired) electrons. The van der Waals surface area contributed by atoms with E-state index in [1.807, 2.05) is 0 Å². The summed E-state index contributed by atoms with van der Waals surface area (Å²) in [5.41, 5.74) is 0.582. The van der Waals surface area contributed by atoms with E-state index in [2.05, 4.69) is 0 Å². The molecule has 1 aromatic rings. The minimum Gasteiger partial charge on any atom is -0.427 e. The van der Waals surface area contributed by atoms with Crippen molar-refractivity contribution in [3.05, 3.63) is 24.3 Å². The number of rotatable bonds is 2. The molecule has 4 aliphatic rings. The summed E-state index contributed by atoms with van der Waals surface area (Å²) in [6, 6.07) is 6.60. The fraction of sp³-hybridized carbons (Fsp3) is 0.500. The number of imide groups is 1. The van der Waals surface area contributed by atoms with Gasteiger partial charge in [0, 0.05) is 6.92 Å². The zero-order chi connectivity index (χ0) is 15.9. The molecule has 23 heavy (non-hydrogen) atoms. The standard InChI is InChI=1S/C18H17NO4/c1-8(20)23-10-4-2-9(3-5-10)19-17(21)15-13-7-14(12-6-11(12)13)16(15)18(19)22/h2-5,11-16H,6-7H2,1H3. The van der Waals surface area contributed by atoms with Gasteiger partial charge in [0.15, 0.2) is 0 Å². The number of nitrogens with zero attached hydrogens (tertiary/aromatic N) is 1. The van der Waals surface area contributed by atoms with E-state index in [4.69, 9.17) is 4.74 Å². The van der Waals surface area contributed by atoms with Gasteiger partial charge in [0.05, 0.1) is 17.5 Å². The van der Waals surface area contributed by atoms with Gasteiger partial charge in [-0.15, -0.1) is 0 Å². The molecule has 4 fully saturated rings. The third kappa shape index (κ3) is 1.65. The predicted octanol–water partition coefficient (Wildman–Crippen LogP) is 2.00. The summed E-state index contributed by atoms with van der Waals surface area (Å²) in [7, 11) is 0. The van der Waals surface area contributed by atoms with Gasteiger partial charge in [-0.2, -0.15) is 0 Å². The summed E-state index contributed by atoms with van der Waals surface area (Å²) in [6.07, 6.45) is 2.29. The van der Waals surface area contributed by atoms with Crippen LogP contribution < -0.4 is 9.64 Å². The molecule has 1 aromatic carbocycles. The molecule has 3 saturated carbocycles. The zero-order valence-electron chi connectivity index (χ0n) is 12.8. The summed E-state index contributed by atoms with van der Waals surface area (Å²) in [6.45, 7) is 1.34. The Balaban J connectivity index is 1.45. The van der Waals surface area contributed by atoms with E-state index in [1.54, 1.807) is 24.3 Å². The second kappa shape index (κ2) is 4.22. The van der Waals surface area contributed by atoms with Crippen molar-refractivity contribution in [1.29, 1.82) is 0 Å². The monoisotopic (exact) mass is 311 g/mol. The number of anilines is 1. The highest BCUT2D eigenvalue weighted by Gasteiger charge is 2.71. The van der Waals surface area contributed by atoms with E-state index < -0.39 is 5.97 Å². The molecule has 5 rings (SSSR count). The van der Waals surface area contributed by atoms with E-state index in [0.29, 0.717) is 35.1 Å². The molecular formula is C18H17NO4. The van der Waals surface area contributed by atoms with Crippen LogP contribution in [0.25, 0.3) is 0 Å². The van der Waals surface area contributed by atoms with Crippen LogP contribution in [0, 0.1) is 35.5 Å². The van der Waals surface area contributed by atoms with Crippen molar-refractivity contribution in [1.82, 2.24) is 0 Å². The van der Waals surface area contributed by atoms with Crippen LogP contribution in [-0.2, 0) is 14.4 Å². The molecular weight excluding hydrogens is 294 g/mol. The molecule has 1 aliphatic heterocycles. The number of carbonyl (C=O) groups excluding carboxylic acids is 3. The Morgan fingerprint density at radius 2 is 1.48 bits per heavy atom. The van der Waals surface area contributed by atoms with Crippen LogP contribution >= 0.6 is 0 Å². The fourth-order valence-electron chi connectivity index (χ4n) is 5.41. The Hall–Kier alpha value is -2.17. The van der Waals surface area contributed by atoms with Gasteiger partial charge in [-0.05, 0) is 60.8 Å². The van der Waals surface area contributed by atoms with E-state index in [0.717, 1.165) is 6.42 Å². The van der Waals surface area contributed by atoms with Crippen molar-refractivity contribution >= 4 is 23.5 Å². The number of fused-ring (bicyclic) bond motifs is 8. The number of carbonyl (C=O) groups is 3. The third-order valence-corrected chi connectivity index (χ3v) is 6.21. The Morgan fingerprint density at radius 1 is 0.957 bits per heavy atom. The van der Waals surface area contributed by atoms with Crippen molar-refractivity contribution < 1.29 is 19.1 Å². The molecule has 5 heteroatoms. The number of benzene rings is 1. The quantitative estimate of drug-likeness (QED) is 0.476. The molecule has 118 valence electrons. The van der Waals surface area contributed by atoms with Gasteiger partial charge >= 0.3 is 5.97 Å².